The largest absolute Gasteiger partial charge is 0.382 e. The molecule has 1 saturated carbocycles. The maximum Gasteiger partial charge on any atom is 0.155 e. The van der Waals surface area contributed by atoms with Crippen LogP contribution in [-0.4, -0.2) is 59.0 Å². The number of nitrogens with two attached hydrogens (primary N) is 1. The van der Waals surface area contributed by atoms with Gasteiger partial charge < -0.3 is 15.4 Å². The molecule has 3 N–H and O–H groups in total. The number of aromatic nitrogens is 3. The second-order valence-electron chi connectivity index (χ2n) is 7.83. The highest BCUT2D eigenvalue weighted by Crippen LogP contribution is 2.36. The predicted octanol–water partition coefficient (Wildman–Crippen LogP) is 2.07. The Balaban J connectivity index is 1.53. The fourth-order valence-corrected chi connectivity index (χ4v) is 4.91. The molecule has 0 amide bonds. The van der Waals surface area contributed by atoms with Crippen LogP contribution in [0.25, 0.3) is 10.9 Å². The number of morpholine rings is 1. The predicted molar refractivity (Wildman–Crippen MR) is 102 cm³/mol. The first-order valence-corrected chi connectivity index (χ1v) is 10.0. The van der Waals surface area contributed by atoms with Gasteiger partial charge in [-0.3, -0.25) is 10.00 Å². The Morgan fingerprint density at radius 1 is 1.08 bits per heavy atom. The summed E-state index contributed by atoms with van der Waals surface area (Å²) in [4.78, 5) is 10.1. The standard InChI is InChI=1S/C19H28N6O/c20-18-16-14-6-7-25(13-4-2-1-3-5-13)12-15(14)21-19(17(16)22-23-18)24-8-10-26-11-9-24/h13H,1-12H2,(H3,20,22,23). The van der Waals surface area contributed by atoms with Crippen LogP contribution in [0, 0.1) is 0 Å². The van der Waals surface area contributed by atoms with Crippen LogP contribution >= 0.6 is 0 Å². The fraction of sp³-hybridized carbons (Fsp3) is 0.684. The Labute approximate surface area is 153 Å². The number of hydrogen-bond donors (Lipinski definition) is 2. The number of fused-ring (bicyclic) bond motifs is 3. The van der Waals surface area contributed by atoms with Gasteiger partial charge in [0.1, 0.15) is 5.52 Å². The molecule has 0 unspecified atom stereocenters. The molecular formula is C19H28N6O. The summed E-state index contributed by atoms with van der Waals surface area (Å²) in [5.74, 6) is 1.61. The molecular weight excluding hydrogens is 328 g/mol. The minimum absolute atomic E-state index is 0.610. The first-order valence-electron chi connectivity index (χ1n) is 10.0. The highest BCUT2D eigenvalue weighted by atomic mass is 16.5. The Morgan fingerprint density at radius 2 is 1.88 bits per heavy atom. The van der Waals surface area contributed by atoms with Crippen molar-refractivity contribution in [1.82, 2.24) is 20.1 Å². The lowest BCUT2D eigenvalue weighted by atomic mass is 9.91. The van der Waals surface area contributed by atoms with E-state index in [1.54, 1.807) is 0 Å². The molecule has 26 heavy (non-hydrogen) atoms. The second kappa shape index (κ2) is 6.70. The first-order chi connectivity index (χ1) is 12.8. The van der Waals surface area contributed by atoms with E-state index in [1.807, 2.05) is 0 Å². The van der Waals surface area contributed by atoms with E-state index in [9.17, 15) is 0 Å². The molecule has 0 aromatic carbocycles. The van der Waals surface area contributed by atoms with E-state index < -0.39 is 0 Å². The monoisotopic (exact) mass is 356 g/mol. The van der Waals surface area contributed by atoms with Crippen molar-refractivity contribution in [2.45, 2.75) is 51.1 Å². The van der Waals surface area contributed by atoms with Gasteiger partial charge in [0.15, 0.2) is 11.6 Å². The van der Waals surface area contributed by atoms with Crippen LogP contribution in [0.2, 0.25) is 0 Å². The molecule has 0 atom stereocenters. The first kappa shape index (κ1) is 16.3. The lowest BCUT2D eigenvalue weighted by Crippen LogP contribution is -2.41. The number of pyridine rings is 1. The second-order valence-corrected chi connectivity index (χ2v) is 7.83. The van der Waals surface area contributed by atoms with Crippen molar-refractivity contribution in [2.75, 3.05) is 43.5 Å². The number of rotatable bonds is 2. The smallest absolute Gasteiger partial charge is 0.155 e. The SMILES string of the molecule is Nc1n[nH]c2c(N3CCOCC3)nc3c(c12)CCN(C1CCCCC1)C3. The van der Waals surface area contributed by atoms with E-state index in [4.69, 9.17) is 15.5 Å². The van der Waals surface area contributed by atoms with Crippen molar-refractivity contribution < 1.29 is 4.74 Å². The van der Waals surface area contributed by atoms with Crippen molar-refractivity contribution in [2.24, 2.45) is 0 Å². The van der Waals surface area contributed by atoms with E-state index >= 15 is 0 Å². The molecule has 7 heteroatoms. The Hall–Kier alpha value is -1.86. The Morgan fingerprint density at radius 3 is 2.69 bits per heavy atom. The van der Waals surface area contributed by atoms with Crippen molar-refractivity contribution in [1.29, 1.82) is 0 Å². The maximum absolute atomic E-state index is 6.25. The van der Waals surface area contributed by atoms with Crippen LogP contribution in [0.4, 0.5) is 11.6 Å². The number of nitrogens with zero attached hydrogens (tertiary/aromatic N) is 4. The zero-order valence-electron chi connectivity index (χ0n) is 15.3. The van der Waals surface area contributed by atoms with E-state index in [1.165, 1.54) is 43.4 Å². The van der Waals surface area contributed by atoms with Gasteiger partial charge in [-0.1, -0.05) is 19.3 Å². The van der Waals surface area contributed by atoms with Gasteiger partial charge in [-0.2, -0.15) is 5.10 Å². The zero-order valence-corrected chi connectivity index (χ0v) is 15.3. The molecule has 5 rings (SSSR count). The molecule has 2 aromatic rings. The summed E-state index contributed by atoms with van der Waals surface area (Å²) in [5.41, 5.74) is 9.74. The summed E-state index contributed by atoms with van der Waals surface area (Å²) in [6.45, 7) is 5.28. The molecule has 140 valence electrons. The van der Waals surface area contributed by atoms with Crippen LogP contribution in [-0.2, 0) is 17.7 Å². The number of hydrogen-bond acceptors (Lipinski definition) is 6. The Bertz CT molecular complexity index is 791. The molecule has 1 saturated heterocycles. The molecule has 2 aliphatic heterocycles. The van der Waals surface area contributed by atoms with E-state index in [-0.39, 0.29) is 0 Å². The van der Waals surface area contributed by atoms with E-state index in [0.29, 0.717) is 5.82 Å². The van der Waals surface area contributed by atoms with Crippen LogP contribution in [0.5, 0.6) is 0 Å². The van der Waals surface area contributed by atoms with Crippen LogP contribution < -0.4 is 10.6 Å². The van der Waals surface area contributed by atoms with Gasteiger partial charge in [-0.05, 0) is 24.8 Å². The van der Waals surface area contributed by atoms with E-state index in [2.05, 4.69) is 20.0 Å². The number of H-pyrrole nitrogens is 1. The fourth-order valence-electron chi connectivity index (χ4n) is 4.91. The number of ether oxygens (including phenoxy) is 1. The summed E-state index contributed by atoms with van der Waals surface area (Å²) in [6.07, 6.45) is 7.82. The molecule has 7 nitrogen and oxygen atoms in total. The summed E-state index contributed by atoms with van der Waals surface area (Å²) in [5, 5.41) is 8.55. The Kier molecular flexibility index (Phi) is 4.21. The number of nitrogen functional groups attached to an aromatic ring is 1. The molecule has 2 fully saturated rings. The molecule has 2 aromatic heterocycles. The van der Waals surface area contributed by atoms with Crippen molar-refractivity contribution in [3.8, 4) is 0 Å². The van der Waals surface area contributed by atoms with Crippen molar-refractivity contribution in [3.05, 3.63) is 11.3 Å². The van der Waals surface area contributed by atoms with Gasteiger partial charge in [0.05, 0.1) is 24.3 Å². The third-order valence-corrected chi connectivity index (χ3v) is 6.31. The van der Waals surface area contributed by atoms with Crippen LogP contribution in [0.1, 0.15) is 43.4 Å². The van der Waals surface area contributed by atoms with Gasteiger partial charge in [-0.15, -0.1) is 0 Å². The average molecular weight is 356 g/mol. The zero-order chi connectivity index (χ0) is 17.5. The molecule has 1 aliphatic carbocycles. The third kappa shape index (κ3) is 2.74. The third-order valence-electron chi connectivity index (χ3n) is 6.31. The minimum atomic E-state index is 0.610. The molecule has 4 heterocycles. The molecule has 0 radical (unpaired) electrons. The van der Waals surface area contributed by atoms with Crippen molar-refractivity contribution >= 4 is 22.5 Å². The summed E-state index contributed by atoms with van der Waals surface area (Å²) < 4.78 is 5.52. The lowest BCUT2D eigenvalue weighted by molar-refractivity contribution is 0.122. The van der Waals surface area contributed by atoms with Gasteiger partial charge >= 0.3 is 0 Å². The van der Waals surface area contributed by atoms with E-state index in [0.717, 1.165) is 68.6 Å². The van der Waals surface area contributed by atoms with Gasteiger partial charge in [0, 0.05) is 32.2 Å². The molecule has 3 aliphatic rings. The quantitative estimate of drug-likeness (QED) is 0.857. The topological polar surface area (TPSA) is 83.3 Å². The highest BCUT2D eigenvalue weighted by Gasteiger charge is 2.30. The molecule has 0 spiro atoms. The summed E-state index contributed by atoms with van der Waals surface area (Å²) in [7, 11) is 0. The number of nitrogens with one attached hydrogen (secondary N) is 1. The van der Waals surface area contributed by atoms with Crippen LogP contribution in [0.3, 0.4) is 0 Å². The number of aromatic amines is 1. The van der Waals surface area contributed by atoms with Gasteiger partial charge in [0.25, 0.3) is 0 Å². The van der Waals surface area contributed by atoms with Gasteiger partial charge in [-0.25, -0.2) is 4.98 Å². The normalized spacial score (nSPS) is 22.7. The maximum atomic E-state index is 6.25. The number of anilines is 2. The van der Waals surface area contributed by atoms with Crippen LogP contribution in [0.15, 0.2) is 0 Å². The highest BCUT2D eigenvalue weighted by molar-refractivity contribution is 5.98. The lowest BCUT2D eigenvalue weighted by Gasteiger charge is -2.38. The average Bonchev–Trinajstić information content (AvgIpc) is 3.10. The molecule has 0 bridgehead atoms. The van der Waals surface area contributed by atoms with Crippen molar-refractivity contribution in [3.63, 3.8) is 0 Å². The van der Waals surface area contributed by atoms with Gasteiger partial charge in [0.2, 0.25) is 0 Å². The summed E-state index contributed by atoms with van der Waals surface area (Å²) >= 11 is 0. The summed E-state index contributed by atoms with van der Waals surface area (Å²) in [6, 6.07) is 0.725. The minimum Gasteiger partial charge on any atom is -0.382 e.